The summed E-state index contributed by atoms with van der Waals surface area (Å²) < 4.78 is 5.46. The molecule has 5 heteroatoms. The van der Waals surface area contributed by atoms with Crippen molar-refractivity contribution in [2.45, 2.75) is 25.4 Å². The van der Waals surface area contributed by atoms with Crippen molar-refractivity contribution in [1.82, 2.24) is 19.9 Å². The third-order valence-corrected chi connectivity index (χ3v) is 3.96. The molecule has 0 aliphatic carbocycles. The minimum Gasteiger partial charge on any atom is -0.337 e. The number of nitrogens with zero attached hydrogens (tertiary/aromatic N) is 4. The van der Waals surface area contributed by atoms with Crippen molar-refractivity contribution in [2.24, 2.45) is 0 Å². The lowest BCUT2D eigenvalue weighted by Crippen LogP contribution is -2.17. The Balaban J connectivity index is 1.76. The number of aromatic nitrogens is 2. The van der Waals surface area contributed by atoms with Crippen LogP contribution in [0.2, 0.25) is 0 Å². The zero-order valence-corrected chi connectivity index (χ0v) is 12.9. The van der Waals surface area contributed by atoms with Crippen LogP contribution in [0.5, 0.6) is 0 Å². The summed E-state index contributed by atoms with van der Waals surface area (Å²) in [6, 6.07) is 8.64. The first kappa shape index (κ1) is 14.2. The first-order valence-corrected chi connectivity index (χ1v) is 7.41. The average molecular weight is 286 g/mol. The van der Waals surface area contributed by atoms with E-state index in [-0.39, 0.29) is 6.04 Å². The minimum atomic E-state index is 0.277. The first-order chi connectivity index (χ1) is 10.1. The number of rotatable bonds is 4. The maximum absolute atomic E-state index is 5.46. The SMILES string of the molecule is CN(C)Cc1ccc(-c2noc([C@@H]3CCCN3C)n2)cc1. The van der Waals surface area contributed by atoms with E-state index in [4.69, 9.17) is 4.52 Å². The van der Waals surface area contributed by atoms with Gasteiger partial charge in [0.15, 0.2) is 0 Å². The van der Waals surface area contributed by atoms with E-state index < -0.39 is 0 Å². The van der Waals surface area contributed by atoms with Crippen molar-refractivity contribution in [3.05, 3.63) is 35.7 Å². The van der Waals surface area contributed by atoms with E-state index in [0.717, 1.165) is 31.0 Å². The Labute approximate surface area is 125 Å². The van der Waals surface area contributed by atoms with Crippen molar-refractivity contribution in [2.75, 3.05) is 27.7 Å². The van der Waals surface area contributed by atoms with E-state index in [2.05, 4.69) is 65.3 Å². The molecule has 1 aliphatic heterocycles. The number of hydrogen-bond donors (Lipinski definition) is 0. The van der Waals surface area contributed by atoms with Gasteiger partial charge >= 0.3 is 0 Å². The Bertz CT molecular complexity index is 591. The highest BCUT2D eigenvalue weighted by Gasteiger charge is 2.27. The van der Waals surface area contributed by atoms with Crippen LogP contribution in [0.25, 0.3) is 11.4 Å². The average Bonchev–Trinajstić information content (AvgIpc) is 3.07. The maximum atomic E-state index is 5.46. The van der Waals surface area contributed by atoms with Gasteiger partial charge in [-0.1, -0.05) is 29.4 Å². The molecule has 1 aliphatic rings. The van der Waals surface area contributed by atoms with Crippen LogP contribution >= 0.6 is 0 Å². The summed E-state index contributed by atoms with van der Waals surface area (Å²) >= 11 is 0. The van der Waals surface area contributed by atoms with E-state index in [1.807, 2.05) is 0 Å². The highest BCUT2D eigenvalue weighted by atomic mass is 16.5. The van der Waals surface area contributed by atoms with Crippen LogP contribution in [0.3, 0.4) is 0 Å². The molecule has 0 saturated carbocycles. The van der Waals surface area contributed by atoms with Crippen LogP contribution < -0.4 is 0 Å². The smallest absolute Gasteiger partial charge is 0.244 e. The Morgan fingerprint density at radius 3 is 2.67 bits per heavy atom. The van der Waals surface area contributed by atoms with E-state index in [1.54, 1.807) is 0 Å². The summed E-state index contributed by atoms with van der Waals surface area (Å²) in [6.45, 7) is 2.03. The lowest BCUT2D eigenvalue weighted by atomic mass is 10.1. The Morgan fingerprint density at radius 1 is 1.29 bits per heavy atom. The van der Waals surface area contributed by atoms with E-state index >= 15 is 0 Å². The predicted octanol–water partition coefficient (Wildman–Crippen LogP) is 2.56. The second kappa shape index (κ2) is 5.95. The molecule has 1 saturated heterocycles. The van der Waals surface area contributed by atoms with Gasteiger partial charge in [-0.05, 0) is 46.1 Å². The molecular weight excluding hydrogens is 264 g/mol. The molecule has 0 bridgehead atoms. The third-order valence-electron chi connectivity index (χ3n) is 3.96. The fourth-order valence-electron chi connectivity index (χ4n) is 2.83. The zero-order chi connectivity index (χ0) is 14.8. The lowest BCUT2D eigenvalue weighted by molar-refractivity contribution is 0.245. The second-order valence-corrected chi connectivity index (χ2v) is 6.03. The first-order valence-electron chi connectivity index (χ1n) is 7.41. The van der Waals surface area contributed by atoms with Gasteiger partial charge in [0.2, 0.25) is 11.7 Å². The topological polar surface area (TPSA) is 45.4 Å². The van der Waals surface area contributed by atoms with Crippen LogP contribution in [-0.4, -0.2) is 47.6 Å². The molecule has 0 spiro atoms. The van der Waals surface area contributed by atoms with Gasteiger partial charge in [0, 0.05) is 12.1 Å². The van der Waals surface area contributed by atoms with Crippen LogP contribution in [-0.2, 0) is 6.54 Å². The van der Waals surface area contributed by atoms with Crippen molar-refractivity contribution in [3.8, 4) is 11.4 Å². The van der Waals surface area contributed by atoms with Gasteiger partial charge in [-0.25, -0.2) is 0 Å². The van der Waals surface area contributed by atoms with Gasteiger partial charge in [0.25, 0.3) is 0 Å². The highest BCUT2D eigenvalue weighted by Crippen LogP contribution is 2.30. The molecule has 3 rings (SSSR count). The van der Waals surface area contributed by atoms with Crippen LogP contribution in [0.4, 0.5) is 0 Å². The maximum Gasteiger partial charge on any atom is 0.244 e. The Kier molecular flexibility index (Phi) is 4.03. The molecule has 5 nitrogen and oxygen atoms in total. The molecule has 1 atom stereocenters. The Hall–Kier alpha value is -1.72. The number of likely N-dealkylation sites (tertiary alicyclic amines) is 1. The summed E-state index contributed by atoms with van der Waals surface area (Å²) in [5, 5.41) is 4.13. The molecule has 1 aromatic carbocycles. The van der Waals surface area contributed by atoms with Crippen LogP contribution in [0.1, 0.15) is 30.3 Å². The second-order valence-electron chi connectivity index (χ2n) is 6.03. The van der Waals surface area contributed by atoms with Crippen LogP contribution in [0, 0.1) is 0 Å². The monoisotopic (exact) mass is 286 g/mol. The molecule has 2 aromatic rings. The van der Waals surface area contributed by atoms with Crippen molar-refractivity contribution in [3.63, 3.8) is 0 Å². The molecule has 0 N–H and O–H groups in total. The molecule has 21 heavy (non-hydrogen) atoms. The van der Waals surface area contributed by atoms with Gasteiger partial charge < -0.3 is 9.42 Å². The molecular formula is C16H22N4O. The van der Waals surface area contributed by atoms with Gasteiger partial charge in [0.1, 0.15) is 0 Å². The van der Waals surface area contributed by atoms with E-state index in [1.165, 1.54) is 12.0 Å². The summed E-state index contributed by atoms with van der Waals surface area (Å²) in [5.41, 5.74) is 2.29. The van der Waals surface area contributed by atoms with Crippen molar-refractivity contribution >= 4 is 0 Å². The summed E-state index contributed by atoms with van der Waals surface area (Å²) in [6.07, 6.45) is 2.29. The molecule has 1 fully saturated rings. The van der Waals surface area contributed by atoms with Gasteiger partial charge in [0.05, 0.1) is 6.04 Å². The molecule has 1 aromatic heterocycles. The lowest BCUT2D eigenvalue weighted by Gasteiger charge is -2.14. The third kappa shape index (κ3) is 3.14. The normalized spacial score (nSPS) is 19.5. The van der Waals surface area contributed by atoms with Gasteiger partial charge in [-0.3, -0.25) is 4.90 Å². The fraction of sp³-hybridized carbons (Fsp3) is 0.500. The largest absolute Gasteiger partial charge is 0.337 e. The number of benzene rings is 1. The molecule has 0 radical (unpaired) electrons. The fourth-order valence-corrected chi connectivity index (χ4v) is 2.83. The van der Waals surface area contributed by atoms with Crippen molar-refractivity contribution < 1.29 is 4.52 Å². The van der Waals surface area contributed by atoms with Gasteiger partial charge in [-0.15, -0.1) is 0 Å². The highest BCUT2D eigenvalue weighted by molar-refractivity contribution is 5.54. The van der Waals surface area contributed by atoms with Crippen LogP contribution in [0.15, 0.2) is 28.8 Å². The summed E-state index contributed by atoms with van der Waals surface area (Å²) in [7, 11) is 6.24. The summed E-state index contributed by atoms with van der Waals surface area (Å²) in [5.74, 6) is 1.42. The molecule has 2 heterocycles. The van der Waals surface area contributed by atoms with Gasteiger partial charge in [-0.2, -0.15) is 4.98 Å². The standard InChI is InChI=1S/C16H22N4O/c1-19(2)11-12-6-8-13(9-7-12)15-17-16(21-18-15)14-5-4-10-20(14)3/h6-9,14H,4-5,10-11H2,1-3H3/t14-/m0/s1. The molecule has 0 amide bonds. The number of hydrogen-bond acceptors (Lipinski definition) is 5. The summed E-state index contributed by atoms with van der Waals surface area (Å²) in [4.78, 5) is 9.00. The minimum absolute atomic E-state index is 0.277. The van der Waals surface area contributed by atoms with Crippen molar-refractivity contribution in [1.29, 1.82) is 0 Å². The zero-order valence-electron chi connectivity index (χ0n) is 12.9. The molecule has 0 unspecified atom stereocenters. The quantitative estimate of drug-likeness (QED) is 0.864. The predicted molar refractivity (Wildman–Crippen MR) is 81.7 cm³/mol. The molecule has 112 valence electrons. The van der Waals surface area contributed by atoms with E-state index in [9.17, 15) is 0 Å². The van der Waals surface area contributed by atoms with E-state index in [0.29, 0.717) is 5.82 Å². The Morgan fingerprint density at radius 2 is 2.05 bits per heavy atom.